The van der Waals surface area contributed by atoms with Crippen LogP contribution in [-0.4, -0.2) is 69.0 Å². The molecule has 0 saturated heterocycles. The summed E-state index contributed by atoms with van der Waals surface area (Å²) in [4.78, 5) is 43.2. The number of benzene rings is 4. The fourth-order valence-electron chi connectivity index (χ4n) is 19.4. The smallest absolute Gasteiger partial charge is 0.343 e. The van der Waals surface area contributed by atoms with Crippen LogP contribution in [0.4, 0.5) is 11.6 Å². The molecule has 5 aromatic rings. The number of carbonyl (C=O) groups excluding carboxylic acids is 2. The highest BCUT2D eigenvalue weighted by Gasteiger charge is 2.24. The van der Waals surface area contributed by atoms with Gasteiger partial charge in [0.25, 0.3) is 0 Å². The normalized spacial score (nSPS) is 11.6. The second-order valence-electron chi connectivity index (χ2n) is 42.1. The molecule has 13 nitrogen and oxygen atoms in total. The van der Waals surface area contributed by atoms with Gasteiger partial charge < -0.3 is 37.9 Å². The molecule has 0 spiro atoms. The lowest BCUT2D eigenvalue weighted by atomic mass is 10.0. The standard InChI is InChI=1S/C129H215N3O10/c1-7-13-19-25-31-37-43-49-55-61-67-73-79-85-102-135-120-108-116(109-121(136-103-86-80-74-68-62-56-50-44-38-32-26-20-14-8-2)126(120)139-106-89-83-77-71-65-59-53-47-41-35-29-23-17-11-5)128(133)141-118-98-94-114(95-99-118)112-130-124-92-91-93-125(132-124)131-113-115-96-100-119(101-97-115)142-129(134)117-110-122(137-104-87-81-75-69-63-57-51-45-39-33-27-21-15-9-3)127(140-107-90-84-78-72-66-60-54-48-42-36-30-24-18-12-6)123(111-117)138-105-88-82-76-70-64-58-52-46-40-34-28-22-16-10-4/h91-101,108-113H,7-90,102-107H2,1-6H3/b130-112-,131-113?. The number of pyridine rings is 1. The van der Waals surface area contributed by atoms with Gasteiger partial charge >= 0.3 is 11.9 Å². The van der Waals surface area contributed by atoms with Crippen molar-refractivity contribution in [2.45, 2.75) is 581 Å². The Balaban J connectivity index is 1.25. The first-order valence-corrected chi connectivity index (χ1v) is 61.1. The van der Waals surface area contributed by atoms with E-state index in [-0.39, 0.29) is 0 Å². The zero-order valence-corrected chi connectivity index (χ0v) is 92.9. The molecule has 0 saturated carbocycles. The number of nitrogens with zero attached hydrogens (tertiary/aromatic N) is 3. The number of rotatable bonds is 104. The fourth-order valence-corrected chi connectivity index (χ4v) is 19.4. The molecule has 0 aliphatic heterocycles. The second-order valence-corrected chi connectivity index (χ2v) is 42.1. The van der Waals surface area contributed by atoms with E-state index in [0.29, 0.717) is 108 Å². The minimum atomic E-state index is -0.495. The van der Waals surface area contributed by atoms with E-state index in [2.05, 4.69) is 41.5 Å². The molecule has 0 atom stereocenters. The van der Waals surface area contributed by atoms with Crippen LogP contribution in [0.25, 0.3) is 0 Å². The van der Waals surface area contributed by atoms with Crippen molar-refractivity contribution in [1.82, 2.24) is 4.98 Å². The van der Waals surface area contributed by atoms with Crippen LogP contribution in [0.2, 0.25) is 0 Å². The van der Waals surface area contributed by atoms with E-state index < -0.39 is 11.9 Å². The number of esters is 2. The van der Waals surface area contributed by atoms with Crippen LogP contribution in [0.15, 0.2) is 101 Å². The second kappa shape index (κ2) is 93.9. The molecule has 13 heteroatoms. The monoisotopic (exact) mass is 1970 g/mol. The number of aromatic nitrogens is 1. The van der Waals surface area contributed by atoms with Crippen LogP contribution >= 0.6 is 0 Å². The van der Waals surface area contributed by atoms with Gasteiger partial charge in [-0.2, -0.15) is 0 Å². The largest absolute Gasteiger partial charge is 0.490 e. The Kier molecular flexibility index (Phi) is 83.0. The van der Waals surface area contributed by atoms with E-state index in [1.807, 2.05) is 66.7 Å². The van der Waals surface area contributed by atoms with Crippen molar-refractivity contribution in [1.29, 1.82) is 0 Å². The van der Waals surface area contributed by atoms with Gasteiger partial charge in [0.05, 0.1) is 50.8 Å². The van der Waals surface area contributed by atoms with Gasteiger partial charge in [0.2, 0.25) is 11.5 Å². The summed E-state index contributed by atoms with van der Waals surface area (Å²) in [5.41, 5.74) is 2.33. The summed E-state index contributed by atoms with van der Waals surface area (Å²) in [6.45, 7) is 17.0. The number of hydrogen-bond acceptors (Lipinski definition) is 13. The van der Waals surface area contributed by atoms with Gasteiger partial charge in [-0.1, -0.05) is 548 Å². The summed E-state index contributed by atoms with van der Waals surface area (Å²) in [5, 5.41) is 0. The number of ether oxygens (including phenoxy) is 8. The molecule has 0 aliphatic rings. The predicted octanol–water partition coefficient (Wildman–Crippen LogP) is 42.2. The van der Waals surface area contributed by atoms with Crippen molar-refractivity contribution in [3.05, 3.63) is 113 Å². The maximum absolute atomic E-state index is 14.5. The molecule has 1 heterocycles. The summed E-state index contributed by atoms with van der Waals surface area (Å²) in [6, 6.07) is 27.5. The summed E-state index contributed by atoms with van der Waals surface area (Å²) in [5.74, 6) is 4.14. The van der Waals surface area contributed by atoms with Crippen molar-refractivity contribution in [3.63, 3.8) is 0 Å². The third-order valence-corrected chi connectivity index (χ3v) is 28.6. The van der Waals surface area contributed by atoms with Gasteiger partial charge in [0.15, 0.2) is 34.6 Å². The zero-order valence-electron chi connectivity index (χ0n) is 92.9. The Bertz CT molecular complexity index is 3400. The molecule has 142 heavy (non-hydrogen) atoms. The van der Waals surface area contributed by atoms with Crippen molar-refractivity contribution < 1.29 is 47.5 Å². The van der Waals surface area contributed by atoms with Crippen molar-refractivity contribution >= 4 is 36.0 Å². The highest BCUT2D eigenvalue weighted by molar-refractivity contribution is 5.94. The first kappa shape index (κ1) is 126. The fraction of sp³-hybridized carbons (Fsp3) is 0.744. The van der Waals surface area contributed by atoms with Crippen molar-refractivity contribution in [2.24, 2.45) is 9.98 Å². The third kappa shape index (κ3) is 69.3. The SMILES string of the molecule is CCCCCCCCCCCCCCCCOc1cc(C(=O)Oc2ccc(C=Nc3cccc(/N=C\c4ccc(OC(=O)c5cc(OCCCCCCCCCCCCCCCC)c(OCCCCCCCCCCCCCCCC)c(OCCCCCCCCCCCCCCCC)c5)cc4)n3)cc2)cc(OCCCCCCCCCCCCCCCC)c1OCCCCCCCCCCCCCCCC. The molecule has 4 aromatic carbocycles. The van der Waals surface area contributed by atoms with Gasteiger partial charge in [0.1, 0.15) is 11.5 Å². The van der Waals surface area contributed by atoms with Crippen molar-refractivity contribution in [2.75, 3.05) is 39.6 Å². The summed E-state index contributed by atoms with van der Waals surface area (Å²) in [7, 11) is 0. The van der Waals surface area contributed by atoms with E-state index in [4.69, 9.17) is 52.9 Å². The minimum Gasteiger partial charge on any atom is -0.490 e. The lowest BCUT2D eigenvalue weighted by Crippen LogP contribution is -2.12. The Morgan fingerprint density at radius 1 is 0.211 bits per heavy atom. The van der Waals surface area contributed by atoms with Gasteiger partial charge in [0, 0.05) is 12.4 Å². The van der Waals surface area contributed by atoms with Gasteiger partial charge in [-0.05, 0) is 135 Å². The van der Waals surface area contributed by atoms with Crippen LogP contribution in [0.5, 0.6) is 46.0 Å². The predicted molar refractivity (Wildman–Crippen MR) is 609 cm³/mol. The van der Waals surface area contributed by atoms with Gasteiger partial charge in [-0.25, -0.2) is 24.6 Å². The zero-order chi connectivity index (χ0) is 101. The topological polar surface area (TPSA) is 146 Å². The molecule has 806 valence electrons. The van der Waals surface area contributed by atoms with E-state index in [1.165, 1.54) is 462 Å². The summed E-state index contributed by atoms with van der Waals surface area (Å²) >= 11 is 0. The maximum atomic E-state index is 14.5. The van der Waals surface area contributed by atoms with Crippen LogP contribution in [0.1, 0.15) is 613 Å². The molecule has 0 aliphatic carbocycles. The quantitative estimate of drug-likeness (QED) is 0.0159. The van der Waals surface area contributed by atoms with Gasteiger partial charge in [-0.3, -0.25) is 0 Å². The van der Waals surface area contributed by atoms with Crippen LogP contribution in [0.3, 0.4) is 0 Å². The highest BCUT2D eigenvalue weighted by atomic mass is 16.6. The lowest BCUT2D eigenvalue weighted by Gasteiger charge is -2.19. The Hall–Kier alpha value is -6.89. The summed E-state index contributed by atoms with van der Waals surface area (Å²) < 4.78 is 52.6. The average Bonchev–Trinajstić information content (AvgIpc) is 0.813. The number of hydrogen-bond donors (Lipinski definition) is 0. The summed E-state index contributed by atoms with van der Waals surface area (Å²) in [6.07, 6.45) is 112. The van der Waals surface area contributed by atoms with Crippen molar-refractivity contribution in [3.8, 4) is 46.0 Å². The van der Waals surface area contributed by atoms with E-state index >= 15 is 0 Å². The van der Waals surface area contributed by atoms with E-state index in [0.717, 1.165) is 88.2 Å². The van der Waals surface area contributed by atoms with Crippen LogP contribution < -0.4 is 37.9 Å². The molecule has 0 unspecified atom stereocenters. The first-order chi connectivity index (χ1) is 70.3. The molecule has 0 amide bonds. The molecule has 0 radical (unpaired) electrons. The third-order valence-electron chi connectivity index (χ3n) is 28.6. The van der Waals surface area contributed by atoms with Crippen LogP contribution in [0, 0.1) is 0 Å². The number of carbonyl (C=O) groups is 2. The molecule has 0 N–H and O–H groups in total. The van der Waals surface area contributed by atoms with E-state index in [1.54, 1.807) is 36.7 Å². The molecule has 5 rings (SSSR count). The van der Waals surface area contributed by atoms with Crippen LogP contribution in [-0.2, 0) is 0 Å². The first-order valence-electron chi connectivity index (χ1n) is 61.1. The molecule has 1 aromatic heterocycles. The Morgan fingerprint density at radius 2 is 0.373 bits per heavy atom. The maximum Gasteiger partial charge on any atom is 0.343 e. The number of unbranched alkanes of at least 4 members (excludes halogenated alkanes) is 78. The molecular weight excluding hydrogens is 1750 g/mol. The van der Waals surface area contributed by atoms with Gasteiger partial charge in [-0.15, -0.1) is 0 Å². The molecular formula is C129H215N3O10. The average molecular weight is 1970 g/mol. The molecule has 0 fully saturated rings. The highest BCUT2D eigenvalue weighted by Crippen LogP contribution is 2.43. The lowest BCUT2D eigenvalue weighted by molar-refractivity contribution is 0.0724. The molecule has 0 bridgehead atoms. The Labute approximate surface area is 872 Å². The number of aliphatic imine (C=N–C) groups is 2. The minimum absolute atomic E-state index is 0.357. The Morgan fingerprint density at radius 3 is 0.549 bits per heavy atom. The van der Waals surface area contributed by atoms with E-state index in [9.17, 15) is 9.59 Å².